The van der Waals surface area contributed by atoms with Crippen LogP contribution in [0.4, 0.5) is 0 Å². The van der Waals surface area contributed by atoms with Gasteiger partial charge in [0.05, 0.1) is 51.0 Å². The first-order valence-electron chi connectivity index (χ1n) is 17.2. The second kappa shape index (κ2) is 11.2. The number of benzene rings is 6. The third-order valence-corrected chi connectivity index (χ3v) is 10.1. The molecular formula is C46H38N4. The largest absolute Gasteiger partial charge is 0.309 e. The molecule has 0 radical (unpaired) electrons. The molecule has 8 rings (SSSR count). The fourth-order valence-electron chi connectivity index (χ4n) is 7.57. The first-order chi connectivity index (χ1) is 24.0. The highest BCUT2D eigenvalue weighted by Crippen LogP contribution is 2.46. The van der Waals surface area contributed by atoms with E-state index in [0.717, 1.165) is 49.8 Å². The standard InChI is InChI=1S/C46H38N4/c1-45(2,3)31-19-21-38-35(25-31)36-26-32(46(4,5)6)20-22-39(36)50(38)41-24-23-40-43(44(41)42-29(27-47)13-12-14-30(42)28-48)34-17-10-11-18-37(34)49(40)33-15-8-7-9-16-33/h7-26H,1-6H3. The predicted octanol–water partition coefficient (Wildman–Crippen LogP) is 11.9. The lowest BCUT2D eigenvalue weighted by molar-refractivity contribution is 0.590. The molecule has 6 aromatic carbocycles. The molecule has 2 heterocycles. The molecule has 0 N–H and O–H groups in total. The lowest BCUT2D eigenvalue weighted by Gasteiger charge is -2.20. The number of hydrogen-bond donors (Lipinski definition) is 0. The fraction of sp³-hybridized carbons (Fsp3) is 0.174. The topological polar surface area (TPSA) is 57.4 Å². The van der Waals surface area contributed by atoms with Crippen molar-refractivity contribution in [3.8, 4) is 34.6 Å². The second-order valence-electron chi connectivity index (χ2n) is 15.3. The Morgan fingerprint density at radius 1 is 0.460 bits per heavy atom. The van der Waals surface area contributed by atoms with Crippen LogP contribution in [0.25, 0.3) is 66.1 Å². The maximum Gasteiger partial charge on any atom is 0.0998 e. The van der Waals surface area contributed by atoms with E-state index in [4.69, 9.17) is 0 Å². The number of fused-ring (bicyclic) bond motifs is 6. The van der Waals surface area contributed by atoms with E-state index >= 15 is 0 Å². The Kier molecular flexibility index (Phi) is 7.00. The predicted molar refractivity (Wildman–Crippen MR) is 207 cm³/mol. The highest BCUT2D eigenvalue weighted by molar-refractivity contribution is 6.19. The quantitative estimate of drug-likeness (QED) is 0.192. The minimum atomic E-state index is -0.0268. The van der Waals surface area contributed by atoms with Crippen LogP contribution in [-0.2, 0) is 10.8 Å². The SMILES string of the molecule is CC(C)(C)c1ccc2c(c1)c1cc(C(C)(C)C)ccc1n2-c1ccc2c(c1-c1c(C#N)cccc1C#N)c1ccccc1n2-c1ccccc1. The molecule has 2 aromatic heterocycles. The fourth-order valence-corrected chi connectivity index (χ4v) is 7.57. The van der Waals surface area contributed by atoms with Crippen molar-refractivity contribution in [1.29, 1.82) is 10.5 Å². The number of nitriles is 2. The summed E-state index contributed by atoms with van der Waals surface area (Å²) >= 11 is 0. The van der Waals surface area contributed by atoms with Crippen LogP contribution >= 0.6 is 0 Å². The van der Waals surface area contributed by atoms with Crippen LogP contribution in [0.2, 0.25) is 0 Å². The van der Waals surface area contributed by atoms with Crippen LogP contribution in [0.5, 0.6) is 0 Å². The van der Waals surface area contributed by atoms with Crippen molar-refractivity contribution in [1.82, 2.24) is 9.13 Å². The number of para-hydroxylation sites is 2. The zero-order chi connectivity index (χ0) is 34.9. The molecule has 4 nitrogen and oxygen atoms in total. The van der Waals surface area contributed by atoms with E-state index < -0.39 is 0 Å². The minimum Gasteiger partial charge on any atom is -0.309 e. The number of nitrogens with zero attached hydrogens (tertiary/aromatic N) is 4. The number of aromatic nitrogens is 2. The summed E-state index contributed by atoms with van der Waals surface area (Å²) in [4.78, 5) is 0. The lowest BCUT2D eigenvalue weighted by Crippen LogP contribution is -2.10. The molecule has 0 bridgehead atoms. The van der Waals surface area contributed by atoms with Gasteiger partial charge in [0.2, 0.25) is 0 Å². The van der Waals surface area contributed by atoms with Crippen LogP contribution in [0.15, 0.2) is 121 Å². The first-order valence-corrected chi connectivity index (χ1v) is 17.2. The molecule has 50 heavy (non-hydrogen) atoms. The van der Waals surface area contributed by atoms with Crippen LogP contribution in [0.1, 0.15) is 63.8 Å². The Hall–Kier alpha value is -6.10. The van der Waals surface area contributed by atoms with Gasteiger partial charge >= 0.3 is 0 Å². The van der Waals surface area contributed by atoms with Crippen LogP contribution < -0.4 is 0 Å². The lowest BCUT2D eigenvalue weighted by atomic mass is 9.85. The Morgan fingerprint density at radius 2 is 0.980 bits per heavy atom. The average Bonchev–Trinajstić information content (AvgIpc) is 3.62. The summed E-state index contributed by atoms with van der Waals surface area (Å²) in [5.74, 6) is 0. The molecule has 0 spiro atoms. The molecule has 8 aromatic rings. The summed E-state index contributed by atoms with van der Waals surface area (Å²) in [6, 6.07) is 47.2. The summed E-state index contributed by atoms with van der Waals surface area (Å²) in [5.41, 5.74) is 11.2. The average molecular weight is 647 g/mol. The smallest absolute Gasteiger partial charge is 0.0998 e. The molecule has 0 fully saturated rings. The minimum absolute atomic E-state index is 0.0268. The number of rotatable bonds is 3. The molecule has 0 aliphatic rings. The van der Waals surface area contributed by atoms with Crippen molar-refractivity contribution in [2.24, 2.45) is 0 Å². The van der Waals surface area contributed by atoms with E-state index in [0.29, 0.717) is 16.7 Å². The summed E-state index contributed by atoms with van der Waals surface area (Å²) in [6.45, 7) is 13.5. The van der Waals surface area contributed by atoms with Gasteiger partial charge in [0.1, 0.15) is 0 Å². The monoisotopic (exact) mass is 646 g/mol. The Bertz CT molecular complexity index is 2630. The molecule has 0 aliphatic carbocycles. The van der Waals surface area contributed by atoms with E-state index in [1.54, 1.807) is 6.07 Å². The Labute approximate surface area is 293 Å². The van der Waals surface area contributed by atoms with Crippen molar-refractivity contribution in [3.05, 3.63) is 144 Å². The van der Waals surface area contributed by atoms with Gasteiger partial charge in [-0.05, 0) is 88.7 Å². The van der Waals surface area contributed by atoms with Crippen molar-refractivity contribution in [3.63, 3.8) is 0 Å². The van der Waals surface area contributed by atoms with Crippen molar-refractivity contribution in [2.75, 3.05) is 0 Å². The van der Waals surface area contributed by atoms with E-state index in [1.165, 1.54) is 21.9 Å². The van der Waals surface area contributed by atoms with Crippen LogP contribution in [0.3, 0.4) is 0 Å². The summed E-state index contributed by atoms with van der Waals surface area (Å²) in [5, 5.41) is 25.6. The Balaban J connectivity index is 1.61. The molecule has 0 unspecified atom stereocenters. The highest BCUT2D eigenvalue weighted by Gasteiger charge is 2.27. The summed E-state index contributed by atoms with van der Waals surface area (Å²) in [6.07, 6.45) is 0. The van der Waals surface area contributed by atoms with Gasteiger partial charge in [-0.1, -0.05) is 96.1 Å². The van der Waals surface area contributed by atoms with E-state index in [-0.39, 0.29) is 10.8 Å². The molecule has 0 aliphatic heterocycles. The molecule has 242 valence electrons. The maximum absolute atomic E-state index is 10.6. The van der Waals surface area contributed by atoms with Gasteiger partial charge in [-0.25, -0.2) is 0 Å². The molecule has 4 heteroatoms. The number of hydrogen-bond acceptors (Lipinski definition) is 2. The van der Waals surface area contributed by atoms with Gasteiger partial charge in [0, 0.05) is 38.4 Å². The van der Waals surface area contributed by atoms with Gasteiger partial charge in [-0.2, -0.15) is 10.5 Å². The van der Waals surface area contributed by atoms with Crippen molar-refractivity contribution < 1.29 is 0 Å². The highest BCUT2D eigenvalue weighted by atomic mass is 15.0. The van der Waals surface area contributed by atoms with Crippen LogP contribution in [0, 0.1) is 22.7 Å². The third kappa shape index (κ3) is 4.72. The summed E-state index contributed by atoms with van der Waals surface area (Å²) < 4.78 is 4.64. The van der Waals surface area contributed by atoms with Gasteiger partial charge in [0.15, 0.2) is 0 Å². The molecule has 0 saturated heterocycles. The van der Waals surface area contributed by atoms with Gasteiger partial charge in [-0.3, -0.25) is 0 Å². The molecule has 0 amide bonds. The molecule has 0 saturated carbocycles. The normalized spacial score (nSPS) is 12.2. The first kappa shape index (κ1) is 31.2. The van der Waals surface area contributed by atoms with E-state index in [9.17, 15) is 10.5 Å². The molecule has 0 atom stereocenters. The Morgan fingerprint density at radius 3 is 1.54 bits per heavy atom. The van der Waals surface area contributed by atoms with Crippen molar-refractivity contribution in [2.45, 2.75) is 52.4 Å². The molecular weight excluding hydrogens is 609 g/mol. The van der Waals surface area contributed by atoms with Gasteiger partial charge in [-0.15, -0.1) is 0 Å². The van der Waals surface area contributed by atoms with Gasteiger partial charge in [0.25, 0.3) is 0 Å². The zero-order valence-corrected chi connectivity index (χ0v) is 29.3. The summed E-state index contributed by atoms with van der Waals surface area (Å²) in [7, 11) is 0. The van der Waals surface area contributed by atoms with Gasteiger partial charge < -0.3 is 9.13 Å². The maximum atomic E-state index is 10.6. The van der Waals surface area contributed by atoms with E-state index in [2.05, 4.69) is 160 Å². The van der Waals surface area contributed by atoms with Crippen molar-refractivity contribution >= 4 is 43.6 Å². The van der Waals surface area contributed by atoms with E-state index in [1.807, 2.05) is 18.2 Å². The van der Waals surface area contributed by atoms with Crippen LogP contribution in [-0.4, -0.2) is 9.13 Å². The third-order valence-electron chi connectivity index (χ3n) is 10.1. The second-order valence-corrected chi connectivity index (χ2v) is 15.3. The zero-order valence-electron chi connectivity index (χ0n) is 29.3.